The Hall–Kier alpha value is -1.85. The number of nitrogens with zero attached hydrogens (tertiary/aromatic N) is 1. The van der Waals surface area contributed by atoms with Crippen LogP contribution in [0.15, 0.2) is 4.52 Å². The van der Waals surface area contributed by atoms with Crippen molar-refractivity contribution >= 4 is 11.9 Å². The number of hydrogen-bond acceptors (Lipinski definition) is 4. The SMILES string of the molecule is Cc1noc(C)c1CC(=O)NC1(C(=O)O)CCC(C)CC1. The normalized spacial score (nSPS) is 25.6. The highest BCUT2D eigenvalue weighted by molar-refractivity contribution is 5.88. The fourth-order valence-electron chi connectivity index (χ4n) is 2.87. The van der Waals surface area contributed by atoms with E-state index in [0.717, 1.165) is 18.4 Å². The number of hydrogen-bond donors (Lipinski definition) is 2. The summed E-state index contributed by atoms with van der Waals surface area (Å²) in [6.45, 7) is 5.63. The number of aryl methyl sites for hydroxylation is 2. The predicted octanol–water partition coefficient (Wildman–Crippen LogP) is 1.98. The van der Waals surface area contributed by atoms with E-state index in [2.05, 4.69) is 17.4 Å². The zero-order valence-corrected chi connectivity index (χ0v) is 12.7. The smallest absolute Gasteiger partial charge is 0.329 e. The van der Waals surface area contributed by atoms with Crippen LogP contribution < -0.4 is 5.32 Å². The highest BCUT2D eigenvalue weighted by Gasteiger charge is 2.42. The van der Waals surface area contributed by atoms with E-state index in [1.807, 2.05) is 0 Å². The van der Waals surface area contributed by atoms with Gasteiger partial charge in [0.2, 0.25) is 5.91 Å². The van der Waals surface area contributed by atoms with Crippen molar-refractivity contribution < 1.29 is 19.2 Å². The molecule has 6 heteroatoms. The number of carbonyl (C=O) groups excluding carboxylic acids is 1. The molecule has 2 N–H and O–H groups in total. The molecule has 1 aliphatic carbocycles. The van der Waals surface area contributed by atoms with Gasteiger partial charge in [-0.1, -0.05) is 12.1 Å². The molecule has 116 valence electrons. The summed E-state index contributed by atoms with van der Waals surface area (Å²) in [5.41, 5.74) is 0.282. The van der Waals surface area contributed by atoms with Crippen molar-refractivity contribution in [1.82, 2.24) is 10.5 Å². The Morgan fingerprint density at radius 3 is 2.48 bits per heavy atom. The second-order valence-electron chi connectivity index (χ2n) is 6.10. The third-order valence-electron chi connectivity index (χ3n) is 4.43. The Labute approximate surface area is 123 Å². The van der Waals surface area contributed by atoms with Gasteiger partial charge >= 0.3 is 5.97 Å². The molecule has 0 spiro atoms. The van der Waals surface area contributed by atoms with Crippen LogP contribution in [0.25, 0.3) is 0 Å². The van der Waals surface area contributed by atoms with Crippen LogP contribution in [0.3, 0.4) is 0 Å². The molecule has 1 heterocycles. The van der Waals surface area contributed by atoms with Crippen LogP contribution >= 0.6 is 0 Å². The Balaban J connectivity index is 2.07. The predicted molar refractivity (Wildman–Crippen MR) is 75.8 cm³/mol. The van der Waals surface area contributed by atoms with Crippen molar-refractivity contribution in [3.8, 4) is 0 Å². The lowest BCUT2D eigenvalue weighted by Crippen LogP contribution is -2.56. The van der Waals surface area contributed by atoms with Crippen molar-refractivity contribution in [2.75, 3.05) is 0 Å². The maximum absolute atomic E-state index is 12.2. The van der Waals surface area contributed by atoms with Crippen LogP contribution in [0, 0.1) is 19.8 Å². The number of carboxylic acids is 1. The molecule has 0 aliphatic heterocycles. The first-order valence-corrected chi connectivity index (χ1v) is 7.30. The van der Waals surface area contributed by atoms with Crippen molar-refractivity contribution in [3.05, 3.63) is 17.0 Å². The van der Waals surface area contributed by atoms with Crippen molar-refractivity contribution in [2.45, 2.75) is 58.4 Å². The molecule has 0 aromatic carbocycles. The maximum Gasteiger partial charge on any atom is 0.329 e. The van der Waals surface area contributed by atoms with Crippen LogP contribution in [0.5, 0.6) is 0 Å². The van der Waals surface area contributed by atoms with E-state index < -0.39 is 11.5 Å². The molecule has 1 amide bonds. The summed E-state index contributed by atoms with van der Waals surface area (Å²) >= 11 is 0. The molecular formula is C15H22N2O4. The van der Waals surface area contributed by atoms with Crippen LogP contribution in [-0.4, -0.2) is 27.7 Å². The van der Waals surface area contributed by atoms with E-state index in [1.165, 1.54) is 0 Å². The zero-order valence-electron chi connectivity index (χ0n) is 12.7. The molecule has 0 bridgehead atoms. The molecule has 2 rings (SSSR count). The minimum atomic E-state index is -1.12. The number of nitrogens with one attached hydrogen (secondary N) is 1. The standard InChI is InChI=1S/C15H22N2O4/c1-9-4-6-15(7-5-9,14(19)20)16-13(18)8-12-10(2)17-21-11(12)3/h9H,4-8H2,1-3H3,(H,16,18)(H,19,20). The topological polar surface area (TPSA) is 92.4 Å². The molecule has 1 aliphatic rings. The van der Waals surface area contributed by atoms with E-state index in [-0.39, 0.29) is 12.3 Å². The van der Waals surface area contributed by atoms with Crippen molar-refractivity contribution in [3.63, 3.8) is 0 Å². The molecule has 0 atom stereocenters. The molecule has 1 fully saturated rings. The molecule has 0 unspecified atom stereocenters. The van der Waals surface area contributed by atoms with Gasteiger partial charge in [-0.05, 0) is 45.4 Å². The van der Waals surface area contributed by atoms with E-state index in [1.54, 1.807) is 13.8 Å². The van der Waals surface area contributed by atoms with Gasteiger partial charge in [0.1, 0.15) is 11.3 Å². The highest BCUT2D eigenvalue weighted by Crippen LogP contribution is 2.32. The molecule has 1 aromatic heterocycles. The third-order valence-corrected chi connectivity index (χ3v) is 4.43. The number of aliphatic carboxylic acids is 1. The Morgan fingerprint density at radius 1 is 1.38 bits per heavy atom. The van der Waals surface area contributed by atoms with E-state index in [0.29, 0.717) is 30.2 Å². The minimum Gasteiger partial charge on any atom is -0.480 e. The fourth-order valence-corrected chi connectivity index (χ4v) is 2.87. The number of carbonyl (C=O) groups is 2. The summed E-state index contributed by atoms with van der Waals surface area (Å²) in [5, 5.41) is 16.1. The highest BCUT2D eigenvalue weighted by atomic mass is 16.5. The second kappa shape index (κ2) is 5.87. The van der Waals surface area contributed by atoms with E-state index >= 15 is 0 Å². The average molecular weight is 294 g/mol. The van der Waals surface area contributed by atoms with Gasteiger partial charge in [0.05, 0.1) is 12.1 Å². The van der Waals surface area contributed by atoms with Crippen molar-refractivity contribution in [1.29, 1.82) is 0 Å². The van der Waals surface area contributed by atoms with Gasteiger partial charge in [0, 0.05) is 5.56 Å². The van der Waals surface area contributed by atoms with Gasteiger partial charge in [-0.2, -0.15) is 0 Å². The molecular weight excluding hydrogens is 272 g/mol. The van der Waals surface area contributed by atoms with Gasteiger partial charge in [-0.15, -0.1) is 0 Å². The van der Waals surface area contributed by atoms with Gasteiger partial charge in [0.15, 0.2) is 0 Å². The number of carboxylic acid groups (broad SMARTS) is 1. The lowest BCUT2D eigenvalue weighted by Gasteiger charge is -2.36. The minimum absolute atomic E-state index is 0.103. The van der Waals surface area contributed by atoms with Gasteiger partial charge in [0.25, 0.3) is 0 Å². The first kappa shape index (κ1) is 15.5. The summed E-state index contributed by atoms with van der Waals surface area (Å²) in [5.74, 6) is -0.121. The third kappa shape index (κ3) is 3.25. The zero-order chi connectivity index (χ0) is 15.6. The Bertz CT molecular complexity index is 522. The molecule has 0 radical (unpaired) electrons. The summed E-state index contributed by atoms with van der Waals surface area (Å²) in [6, 6.07) is 0. The largest absolute Gasteiger partial charge is 0.480 e. The van der Waals surface area contributed by atoms with Crippen LogP contribution in [0.4, 0.5) is 0 Å². The van der Waals surface area contributed by atoms with E-state index in [4.69, 9.17) is 4.52 Å². The Morgan fingerprint density at radius 2 is 2.00 bits per heavy atom. The summed E-state index contributed by atoms with van der Waals surface area (Å²) in [6.07, 6.45) is 2.70. The lowest BCUT2D eigenvalue weighted by atomic mass is 9.77. The number of rotatable bonds is 4. The molecule has 1 saturated carbocycles. The molecule has 6 nitrogen and oxygen atoms in total. The van der Waals surface area contributed by atoms with E-state index in [9.17, 15) is 14.7 Å². The first-order chi connectivity index (χ1) is 9.84. The summed E-state index contributed by atoms with van der Waals surface area (Å²) < 4.78 is 5.03. The number of amides is 1. The molecule has 1 aromatic rings. The lowest BCUT2D eigenvalue weighted by molar-refractivity contribution is -0.149. The average Bonchev–Trinajstić information content (AvgIpc) is 2.73. The quantitative estimate of drug-likeness (QED) is 0.885. The van der Waals surface area contributed by atoms with Crippen molar-refractivity contribution in [2.24, 2.45) is 5.92 Å². The van der Waals surface area contributed by atoms with Gasteiger partial charge < -0.3 is 14.9 Å². The number of aromatic nitrogens is 1. The van der Waals surface area contributed by atoms with Gasteiger partial charge in [-0.25, -0.2) is 4.79 Å². The molecule has 21 heavy (non-hydrogen) atoms. The second-order valence-corrected chi connectivity index (χ2v) is 6.10. The van der Waals surface area contributed by atoms with Crippen LogP contribution in [-0.2, 0) is 16.0 Å². The first-order valence-electron chi connectivity index (χ1n) is 7.30. The van der Waals surface area contributed by atoms with Crippen LogP contribution in [0.2, 0.25) is 0 Å². The molecule has 0 saturated heterocycles. The summed E-state index contributed by atoms with van der Waals surface area (Å²) in [4.78, 5) is 23.8. The summed E-state index contributed by atoms with van der Waals surface area (Å²) in [7, 11) is 0. The monoisotopic (exact) mass is 294 g/mol. The maximum atomic E-state index is 12.2. The fraction of sp³-hybridized carbons (Fsp3) is 0.667. The van der Waals surface area contributed by atoms with Crippen LogP contribution in [0.1, 0.15) is 49.6 Å². The van der Waals surface area contributed by atoms with Gasteiger partial charge in [-0.3, -0.25) is 4.79 Å². The Kier molecular flexibility index (Phi) is 4.34.